The van der Waals surface area contributed by atoms with Gasteiger partial charge in [0.05, 0.1) is 52.5 Å². The van der Waals surface area contributed by atoms with Crippen molar-refractivity contribution in [2.75, 3.05) is 54.4 Å². The molecule has 50 heavy (non-hydrogen) atoms. The van der Waals surface area contributed by atoms with Crippen LogP contribution in [-0.2, 0) is 30.3 Å². The second-order valence-electron chi connectivity index (χ2n) is 15.2. The van der Waals surface area contributed by atoms with Crippen LogP contribution in [0.25, 0.3) is 0 Å². The Morgan fingerprint density at radius 1 is 0.620 bits per heavy atom. The molecule has 2 aliphatic carbocycles. The SMILES string of the molecule is CC(=O)OC1CC[N+](C)(C)C1.CC(=O)OC1CC[N+](C)(C)C1.OC1(c2ccc(Cl)cc2)CCCC1.OC1(c2ccc(Cl)cc2)CCCC1.[Br-].[Br-]. The summed E-state index contributed by atoms with van der Waals surface area (Å²) < 4.78 is 12.1. The summed E-state index contributed by atoms with van der Waals surface area (Å²) in [5.41, 5.74) is 0.860. The summed E-state index contributed by atoms with van der Waals surface area (Å²) in [5.74, 6) is -0.311. The Bertz CT molecular complexity index is 1210. The number of likely N-dealkylation sites (tertiary alicyclic amines) is 2. The second kappa shape index (κ2) is 20.9. The molecule has 2 atom stereocenters. The molecule has 2 N–H and O–H groups in total. The van der Waals surface area contributed by atoms with E-state index in [0.29, 0.717) is 0 Å². The molecule has 0 bridgehead atoms. The topological polar surface area (TPSA) is 93.1 Å². The molecule has 2 saturated heterocycles. The molecule has 284 valence electrons. The number of ether oxygens (including phenoxy) is 2. The van der Waals surface area contributed by atoms with Crippen molar-refractivity contribution >= 4 is 35.1 Å². The van der Waals surface area contributed by atoms with Gasteiger partial charge in [-0.1, -0.05) is 73.2 Å². The minimum Gasteiger partial charge on any atom is -1.00 e. The van der Waals surface area contributed by atoms with Gasteiger partial charge in [0.25, 0.3) is 0 Å². The number of hydrogen-bond donors (Lipinski definition) is 2. The molecule has 0 spiro atoms. The predicted octanol–water partition coefficient (Wildman–Crippen LogP) is 1.01. The largest absolute Gasteiger partial charge is 1.00 e. The van der Waals surface area contributed by atoms with Gasteiger partial charge in [-0.3, -0.25) is 9.59 Å². The first kappa shape index (κ1) is 46.8. The molecule has 0 radical (unpaired) electrons. The molecule has 2 saturated carbocycles. The number of halogens is 4. The van der Waals surface area contributed by atoms with Gasteiger partial charge < -0.3 is 62.6 Å². The van der Waals surface area contributed by atoms with Crippen LogP contribution >= 0.6 is 23.2 Å². The van der Waals surface area contributed by atoms with Crippen LogP contribution in [0, 0.1) is 0 Å². The maximum absolute atomic E-state index is 10.6. The molecule has 2 unspecified atom stereocenters. The van der Waals surface area contributed by atoms with E-state index in [2.05, 4.69) is 28.2 Å². The number of quaternary nitrogens is 2. The van der Waals surface area contributed by atoms with E-state index in [0.717, 1.165) is 121 Å². The molecule has 0 amide bonds. The van der Waals surface area contributed by atoms with Gasteiger partial charge in [0.2, 0.25) is 0 Å². The number of carbonyl (C=O) groups is 2. The van der Waals surface area contributed by atoms with Gasteiger partial charge in [0.1, 0.15) is 13.1 Å². The normalized spacial score (nSPS) is 23.2. The maximum atomic E-state index is 10.6. The van der Waals surface area contributed by atoms with Gasteiger partial charge in [-0.05, 0) is 61.1 Å². The van der Waals surface area contributed by atoms with E-state index in [1.165, 1.54) is 13.8 Å². The Morgan fingerprint density at radius 3 is 1.12 bits per heavy atom. The smallest absolute Gasteiger partial charge is 0.303 e. The van der Waals surface area contributed by atoms with Crippen LogP contribution in [0.1, 0.15) is 89.2 Å². The molecule has 2 aromatic carbocycles. The lowest BCUT2D eigenvalue weighted by molar-refractivity contribution is -0.879. The summed E-state index contributed by atoms with van der Waals surface area (Å²) in [6.07, 6.45) is 10.4. The number of likely N-dealkylation sites (N-methyl/N-ethyl adjacent to an activating group) is 2. The van der Waals surface area contributed by atoms with Crippen molar-refractivity contribution in [3.05, 3.63) is 69.7 Å². The average Bonchev–Trinajstić information content (AvgIpc) is 3.79. The number of esters is 2. The lowest BCUT2D eigenvalue weighted by Gasteiger charge is -2.22. The van der Waals surface area contributed by atoms with Crippen molar-refractivity contribution in [1.82, 2.24) is 0 Å². The molecule has 12 heteroatoms. The van der Waals surface area contributed by atoms with Crippen LogP contribution in [0.3, 0.4) is 0 Å². The molecular formula is C38H58Br2Cl2N2O6. The maximum Gasteiger partial charge on any atom is 0.303 e. The summed E-state index contributed by atoms with van der Waals surface area (Å²) in [4.78, 5) is 21.2. The number of rotatable bonds is 4. The third-order valence-corrected chi connectivity index (χ3v) is 10.3. The van der Waals surface area contributed by atoms with Crippen molar-refractivity contribution in [2.24, 2.45) is 0 Å². The quantitative estimate of drug-likeness (QED) is 0.353. The second-order valence-corrected chi connectivity index (χ2v) is 16.1. The fourth-order valence-corrected chi connectivity index (χ4v) is 7.39. The van der Waals surface area contributed by atoms with E-state index >= 15 is 0 Å². The van der Waals surface area contributed by atoms with Crippen LogP contribution in [-0.4, -0.2) is 97.7 Å². The third kappa shape index (κ3) is 15.8. The zero-order valence-electron chi connectivity index (χ0n) is 30.6. The summed E-state index contributed by atoms with van der Waals surface area (Å²) in [6, 6.07) is 15.1. The van der Waals surface area contributed by atoms with Gasteiger partial charge in [-0.25, -0.2) is 0 Å². The highest BCUT2D eigenvalue weighted by atomic mass is 79.9. The molecule has 2 aromatic rings. The summed E-state index contributed by atoms with van der Waals surface area (Å²) in [6.45, 7) is 7.08. The van der Waals surface area contributed by atoms with E-state index in [9.17, 15) is 19.8 Å². The zero-order valence-corrected chi connectivity index (χ0v) is 35.3. The van der Waals surface area contributed by atoms with Crippen molar-refractivity contribution in [1.29, 1.82) is 0 Å². The van der Waals surface area contributed by atoms with E-state index in [1.807, 2.05) is 48.5 Å². The molecule has 2 heterocycles. The first-order chi connectivity index (χ1) is 22.4. The standard InChI is InChI=1S/2C11H13ClO.2C8H16NO2.2BrH/c2*12-10-5-3-9(4-6-10)11(13)7-1-2-8-11;2*1-7(10)11-8-4-5-9(2,3)6-8;;/h2*3-6,13H,1-2,7-8H2;2*8H,4-6H2,1-3H3;2*1H/q;;2*+1;;/p-2. The highest BCUT2D eigenvalue weighted by molar-refractivity contribution is 6.30. The first-order valence-electron chi connectivity index (χ1n) is 17.4. The monoisotopic (exact) mass is 866 g/mol. The minimum absolute atomic E-state index is 0. The highest BCUT2D eigenvalue weighted by Gasteiger charge is 2.35. The van der Waals surface area contributed by atoms with Crippen LogP contribution in [0.4, 0.5) is 0 Å². The predicted molar refractivity (Wildman–Crippen MR) is 192 cm³/mol. The van der Waals surface area contributed by atoms with E-state index < -0.39 is 11.2 Å². The molecule has 4 fully saturated rings. The number of nitrogens with zero attached hydrogens (tertiary/aromatic N) is 2. The molecule has 6 rings (SSSR count). The molecular weight excluding hydrogens is 811 g/mol. The highest BCUT2D eigenvalue weighted by Crippen LogP contribution is 2.39. The fourth-order valence-electron chi connectivity index (χ4n) is 7.13. The van der Waals surface area contributed by atoms with E-state index in [-0.39, 0.29) is 58.1 Å². The molecule has 2 aliphatic heterocycles. The van der Waals surface area contributed by atoms with Gasteiger partial charge >= 0.3 is 11.9 Å². The number of aliphatic hydroxyl groups is 2. The summed E-state index contributed by atoms with van der Waals surface area (Å²) in [7, 11) is 8.62. The Balaban J connectivity index is 0.000000330. The summed E-state index contributed by atoms with van der Waals surface area (Å²) in [5, 5.41) is 21.9. The Kier molecular flexibility index (Phi) is 19.5. The van der Waals surface area contributed by atoms with Crippen LogP contribution in [0.15, 0.2) is 48.5 Å². The van der Waals surface area contributed by atoms with Gasteiger partial charge in [0, 0.05) is 36.7 Å². The van der Waals surface area contributed by atoms with Crippen LogP contribution in [0.2, 0.25) is 10.0 Å². The van der Waals surface area contributed by atoms with Crippen LogP contribution < -0.4 is 34.0 Å². The lowest BCUT2D eigenvalue weighted by Crippen LogP contribution is -3.00. The first-order valence-corrected chi connectivity index (χ1v) is 18.1. The number of hydrogen-bond acceptors (Lipinski definition) is 6. The Morgan fingerprint density at radius 2 is 0.900 bits per heavy atom. The number of benzene rings is 2. The fraction of sp³-hybridized carbons (Fsp3) is 0.632. The van der Waals surface area contributed by atoms with Crippen molar-refractivity contribution in [3.8, 4) is 0 Å². The van der Waals surface area contributed by atoms with Gasteiger partial charge in [-0.15, -0.1) is 0 Å². The molecule has 8 nitrogen and oxygen atoms in total. The average molecular weight is 870 g/mol. The Hall–Kier alpha value is -1.24. The summed E-state index contributed by atoms with van der Waals surface area (Å²) >= 11 is 11.6. The lowest BCUT2D eigenvalue weighted by atomic mass is 9.92. The van der Waals surface area contributed by atoms with Gasteiger partial charge in [0.15, 0.2) is 12.2 Å². The van der Waals surface area contributed by atoms with E-state index in [1.54, 1.807) is 0 Å². The Labute approximate surface area is 331 Å². The minimum atomic E-state index is -0.579. The molecule has 4 aliphatic rings. The van der Waals surface area contributed by atoms with Crippen molar-refractivity contribution in [3.63, 3.8) is 0 Å². The zero-order chi connectivity index (χ0) is 35.6. The van der Waals surface area contributed by atoms with Crippen molar-refractivity contribution in [2.45, 2.75) is 101 Å². The number of carbonyl (C=O) groups excluding carboxylic acids is 2. The van der Waals surface area contributed by atoms with E-state index in [4.69, 9.17) is 32.7 Å². The molecule has 0 aromatic heterocycles. The van der Waals surface area contributed by atoms with Crippen molar-refractivity contribution < 1.29 is 72.2 Å². The third-order valence-electron chi connectivity index (χ3n) is 9.80. The van der Waals surface area contributed by atoms with Crippen LogP contribution in [0.5, 0.6) is 0 Å². The van der Waals surface area contributed by atoms with Gasteiger partial charge in [-0.2, -0.15) is 0 Å².